The summed E-state index contributed by atoms with van der Waals surface area (Å²) in [6, 6.07) is 57.0. The highest BCUT2D eigenvalue weighted by Crippen LogP contribution is 2.45. The van der Waals surface area contributed by atoms with Gasteiger partial charge in [0.25, 0.3) is 0 Å². The number of nitrogens with zero attached hydrogens (tertiary/aromatic N) is 3. The number of hydrogen-bond acceptors (Lipinski definition) is 3. The molecule has 10 rings (SSSR count). The minimum atomic E-state index is 0.873. The molecule has 0 atom stereocenters. The lowest BCUT2D eigenvalue weighted by Crippen LogP contribution is -1.97. The van der Waals surface area contributed by atoms with Crippen LogP contribution in [0.2, 0.25) is 0 Å². The second-order valence-corrected chi connectivity index (χ2v) is 12.2. The van der Waals surface area contributed by atoms with Gasteiger partial charge in [0.05, 0.1) is 22.2 Å². The minimum Gasteiger partial charge on any atom is -0.455 e. The summed E-state index contributed by atoms with van der Waals surface area (Å²) in [5, 5.41) is 5.60. The zero-order valence-electron chi connectivity index (χ0n) is 25.8. The average molecular weight is 614 g/mol. The molecule has 0 saturated carbocycles. The van der Waals surface area contributed by atoms with E-state index in [1.165, 1.54) is 0 Å². The summed E-state index contributed by atoms with van der Waals surface area (Å²) in [5.41, 5.74) is 11.0. The lowest BCUT2D eigenvalue weighted by molar-refractivity contribution is 0.670. The van der Waals surface area contributed by atoms with Gasteiger partial charge >= 0.3 is 0 Å². The summed E-state index contributed by atoms with van der Waals surface area (Å²) in [5.74, 6) is 0.917. The van der Waals surface area contributed by atoms with Crippen molar-refractivity contribution >= 4 is 54.6 Å². The van der Waals surface area contributed by atoms with Crippen LogP contribution in [0, 0.1) is 0 Å². The third kappa shape index (κ3) is 4.03. The van der Waals surface area contributed by atoms with Crippen molar-refractivity contribution in [2.45, 2.75) is 0 Å². The van der Waals surface area contributed by atoms with E-state index in [0.29, 0.717) is 0 Å². The Bertz CT molecular complexity index is 2810. The molecule has 7 aromatic carbocycles. The largest absolute Gasteiger partial charge is 0.455 e. The highest BCUT2D eigenvalue weighted by molar-refractivity contribution is 6.30. The lowest BCUT2D eigenvalue weighted by Gasteiger charge is -2.14. The Hall–Kier alpha value is -6.52. The van der Waals surface area contributed by atoms with Gasteiger partial charge in [-0.3, -0.25) is 4.57 Å². The summed E-state index contributed by atoms with van der Waals surface area (Å²) in [7, 11) is 0. The molecule has 4 heteroatoms. The van der Waals surface area contributed by atoms with Gasteiger partial charge in [-0.15, -0.1) is 0 Å². The first-order valence-electron chi connectivity index (χ1n) is 16.2. The Morgan fingerprint density at radius 2 is 1.10 bits per heavy atom. The van der Waals surface area contributed by atoms with Crippen LogP contribution in [0.1, 0.15) is 0 Å². The molecule has 4 nitrogen and oxygen atoms in total. The molecule has 0 radical (unpaired) electrons. The molecule has 0 spiro atoms. The average Bonchev–Trinajstić information content (AvgIpc) is 3.74. The van der Waals surface area contributed by atoms with Crippen LogP contribution in [0.25, 0.3) is 94.1 Å². The molecule has 0 aliphatic rings. The fourth-order valence-electron chi connectivity index (χ4n) is 7.22. The smallest absolute Gasteiger partial charge is 0.145 e. The van der Waals surface area contributed by atoms with Crippen LogP contribution < -0.4 is 0 Å². The normalized spacial score (nSPS) is 11.8. The van der Waals surface area contributed by atoms with E-state index in [-0.39, 0.29) is 0 Å². The number of furan rings is 1. The molecule has 0 aliphatic carbocycles. The Balaban J connectivity index is 1.26. The zero-order chi connectivity index (χ0) is 31.6. The summed E-state index contributed by atoms with van der Waals surface area (Å²) in [4.78, 5) is 10.3. The summed E-state index contributed by atoms with van der Waals surface area (Å²) >= 11 is 0. The van der Waals surface area contributed by atoms with E-state index in [2.05, 4.69) is 144 Å². The van der Waals surface area contributed by atoms with Crippen LogP contribution in [0.5, 0.6) is 0 Å². The van der Waals surface area contributed by atoms with E-state index < -0.39 is 0 Å². The maximum Gasteiger partial charge on any atom is 0.145 e. The third-order valence-electron chi connectivity index (χ3n) is 9.39. The zero-order valence-corrected chi connectivity index (χ0v) is 25.8. The number of rotatable bonds is 4. The second-order valence-electron chi connectivity index (χ2n) is 12.2. The third-order valence-corrected chi connectivity index (χ3v) is 9.39. The van der Waals surface area contributed by atoms with Gasteiger partial charge in [-0.2, -0.15) is 0 Å². The highest BCUT2D eigenvalue weighted by Gasteiger charge is 2.21. The van der Waals surface area contributed by atoms with E-state index >= 15 is 0 Å². The maximum absolute atomic E-state index is 6.74. The molecule has 0 N–H and O–H groups in total. The Kier molecular flexibility index (Phi) is 5.84. The summed E-state index contributed by atoms with van der Waals surface area (Å²) < 4.78 is 8.99. The monoisotopic (exact) mass is 613 g/mol. The molecule has 48 heavy (non-hydrogen) atoms. The van der Waals surface area contributed by atoms with Crippen LogP contribution >= 0.6 is 0 Å². The van der Waals surface area contributed by atoms with Crippen molar-refractivity contribution in [3.8, 4) is 39.5 Å². The quantitative estimate of drug-likeness (QED) is 0.186. The van der Waals surface area contributed by atoms with Gasteiger partial charge in [0.2, 0.25) is 0 Å². The van der Waals surface area contributed by atoms with Gasteiger partial charge in [-0.25, -0.2) is 9.97 Å². The summed E-state index contributed by atoms with van der Waals surface area (Å²) in [6.45, 7) is 0. The SMILES string of the molecule is c1ccc(-c2nc3ccccc3c3c2cc(-c2ccc(-n4c(-c5ccccc5)nc5ccccc54)cc2)c2oc4ccccc4c23)cc1. The van der Waals surface area contributed by atoms with E-state index in [0.717, 1.165) is 94.1 Å². The predicted octanol–water partition coefficient (Wildman–Crippen LogP) is 11.6. The van der Waals surface area contributed by atoms with Crippen molar-refractivity contribution in [3.05, 3.63) is 164 Å². The molecule has 0 bridgehead atoms. The molecule has 0 fully saturated rings. The first-order chi connectivity index (χ1) is 23.8. The molecule has 10 aromatic rings. The number of benzene rings is 7. The standard InChI is InChI=1S/C44H27N3O/c1-3-13-29(14-4-1)42-35-27-34(43-41(33-18-8-12-22-39(33)48-43)40(35)32-17-7-9-19-36(32)45-42)28-23-25-31(26-24-28)47-38-21-11-10-20-37(38)46-44(47)30-15-5-2-6-16-30/h1-27H. The van der Waals surface area contributed by atoms with Crippen molar-refractivity contribution in [2.24, 2.45) is 0 Å². The molecule has 3 heterocycles. The van der Waals surface area contributed by atoms with Crippen LogP contribution in [0.15, 0.2) is 168 Å². The van der Waals surface area contributed by atoms with Crippen molar-refractivity contribution < 1.29 is 4.42 Å². The topological polar surface area (TPSA) is 43.9 Å². The van der Waals surface area contributed by atoms with Crippen LogP contribution in [-0.4, -0.2) is 14.5 Å². The van der Waals surface area contributed by atoms with Crippen molar-refractivity contribution in [1.29, 1.82) is 0 Å². The van der Waals surface area contributed by atoms with Crippen molar-refractivity contribution in [3.63, 3.8) is 0 Å². The van der Waals surface area contributed by atoms with Gasteiger partial charge in [0.15, 0.2) is 0 Å². The fraction of sp³-hybridized carbons (Fsp3) is 0. The van der Waals surface area contributed by atoms with E-state index in [1.54, 1.807) is 0 Å². The number of imidazole rings is 1. The molecular weight excluding hydrogens is 587 g/mol. The Morgan fingerprint density at radius 3 is 1.90 bits per heavy atom. The summed E-state index contributed by atoms with van der Waals surface area (Å²) in [6.07, 6.45) is 0. The van der Waals surface area contributed by atoms with E-state index in [4.69, 9.17) is 14.4 Å². The first-order valence-corrected chi connectivity index (χ1v) is 16.2. The van der Waals surface area contributed by atoms with Gasteiger partial charge in [-0.1, -0.05) is 121 Å². The van der Waals surface area contributed by atoms with Crippen LogP contribution in [-0.2, 0) is 0 Å². The van der Waals surface area contributed by atoms with E-state index in [9.17, 15) is 0 Å². The second kappa shape index (κ2) is 10.5. The van der Waals surface area contributed by atoms with Gasteiger partial charge in [0.1, 0.15) is 17.0 Å². The van der Waals surface area contributed by atoms with Gasteiger partial charge in [-0.05, 0) is 48.0 Å². The molecule has 3 aromatic heterocycles. The van der Waals surface area contributed by atoms with Gasteiger partial charge < -0.3 is 4.42 Å². The van der Waals surface area contributed by atoms with Gasteiger partial charge in [0, 0.05) is 49.3 Å². The molecule has 0 unspecified atom stereocenters. The predicted molar refractivity (Wildman–Crippen MR) is 197 cm³/mol. The van der Waals surface area contributed by atoms with Crippen molar-refractivity contribution in [2.75, 3.05) is 0 Å². The number of fused-ring (bicyclic) bond motifs is 8. The number of pyridine rings is 1. The first kappa shape index (κ1) is 26.7. The number of hydrogen-bond donors (Lipinski definition) is 0. The van der Waals surface area contributed by atoms with E-state index in [1.807, 2.05) is 24.3 Å². The fourth-order valence-corrected chi connectivity index (χ4v) is 7.22. The maximum atomic E-state index is 6.74. The Morgan fingerprint density at radius 1 is 0.458 bits per heavy atom. The minimum absolute atomic E-state index is 0.873. The molecule has 0 saturated heterocycles. The number of aromatic nitrogens is 3. The van der Waals surface area contributed by atoms with Crippen molar-refractivity contribution in [1.82, 2.24) is 14.5 Å². The highest BCUT2D eigenvalue weighted by atomic mass is 16.3. The molecule has 0 aliphatic heterocycles. The Labute approximate surface area is 276 Å². The molecule has 224 valence electrons. The lowest BCUT2D eigenvalue weighted by atomic mass is 9.92. The molecular formula is C44H27N3O. The van der Waals surface area contributed by atoms with Crippen LogP contribution in [0.3, 0.4) is 0 Å². The number of para-hydroxylation sites is 4. The molecule has 0 amide bonds. The van der Waals surface area contributed by atoms with Crippen LogP contribution in [0.4, 0.5) is 0 Å².